The molecule has 0 aromatic heterocycles. The Morgan fingerprint density at radius 3 is 2.30 bits per heavy atom. The van der Waals surface area contributed by atoms with Gasteiger partial charge >= 0.3 is 0 Å². The molecule has 0 amide bonds. The first-order valence-electron chi connectivity index (χ1n) is 9.39. The SMILES string of the molecule is CCOCCOc1ccc(S(=O)(=O)NC(c2ccc(C)cc2)C2CC2)cc1. The highest BCUT2D eigenvalue weighted by Crippen LogP contribution is 2.41. The van der Waals surface area contributed by atoms with E-state index >= 15 is 0 Å². The van der Waals surface area contributed by atoms with Crippen LogP contribution < -0.4 is 9.46 Å². The van der Waals surface area contributed by atoms with E-state index in [-0.39, 0.29) is 10.9 Å². The lowest BCUT2D eigenvalue weighted by Gasteiger charge is -2.19. The van der Waals surface area contributed by atoms with Gasteiger partial charge < -0.3 is 9.47 Å². The van der Waals surface area contributed by atoms with Gasteiger partial charge in [-0.1, -0.05) is 29.8 Å². The van der Waals surface area contributed by atoms with Gasteiger partial charge in [-0.3, -0.25) is 0 Å². The van der Waals surface area contributed by atoms with E-state index in [1.807, 2.05) is 38.1 Å². The normalized spacial score (nSPS) is 15.5. The Labute approximate surface area is 161 Å². The molecule has 0 aliphatic heterocycles. The molecule has 0 radical (unpaired) electrons. The molecule has 6 heteroatoms. The van der Waals surface area contributed by atoms with Crippen LogP contribution in [0.5, 0.6) is 5.75 Å². The Morgan fingerprint density at radius 2 is 1.70 bits per heavy atom. The molecule has 2 aromatic rings. The van der Waals surface area contributed by atoms with Gasteiger partial charge in [0.15, 0.2) is 0 Å². The second-order valence-electron chi connectivity index (χ2n) is 6.86. The fourth-order valence-electron chi connectivity index (χ4n) is 2.95. The van der Waals surface area contributed by atoms with E-state index in [9.17, 15) is 8.42 Å². The van der Waals surface area contributed by atoms with Gasteiger partial charge in [0.1, 0.15) is 12.4 Å². The molecular formula is C21H27NO4S. The molecule has 1 unspecified atom stereocenters. The number of ether oxygens (including phenoxy) is 2. The van der Waals surface area contributed by atoms with Gasteiger partial charge in [-0.15, -0.1) is 0 Å². The minimum absolute atomic E-state index is 0.183. The van der Waals surface area contributed by atoms with Crippen LogP contribution in [-0.2, 0) is 14.8 Å². The van der Waals surface area contributed by atoms with E-state index in [2.05, 4.69) is 4.72 Å². The quantitative estimate of drug-likeness (QED) is 0.627. The zero-order valence-electron chi connectivity index (χ0n) is 15.9. The van der Waals surface area contributed by atoms with E-state index in [1.54, 1.807) is 24.3 Å². The summed E-state index contributed by atoms with van der Waals surface area (Å²) in [5.41, 5.74) is 2.18. The Kier molecular flexibility index (Phi) is 6.52. The summed E-state index contributed by atoms with van der Waals surface area (Å²) < 4.78 is 39.4. The van der Waals surface area contributed by atoms with Crippen LogP contribution in [0.15, 0.2) is 53.4 Å². The molecule has 146 valence electrons. The summed E-state index contributed by atoms with van der Waals surface area (Å²) in [5, 5.41) is 0. The maximum Gasteiger partial charge on any atom is 0.241 e. The van der Waals surface area contributed by atoms with Gasteiger partial charge in [0.25, 0.3) is 0 Å². The van der Waals surface area contributed by atoms with Crippen molar-refractivity contribution in [1.29, 1.82) is 0 Å². The first-order chi connectivity index (χ1) is 13.0. The largest absolute Gasteiger partial charge is 0.491 e. The van der Waals surface area contributed by atoms with Crippen molar-refractivity contribution in [3.63, 3.8) is 0 Å². The topological polar surface area (TPSA) is 64.6 Å². The van der Waals surface area contributed by atoms with Crippen molar-refractivity contribution in [2.75, 3.05) is 19.8 Å². The van der Waals surface area contributed by atoms with Crippen LogP contribution in [0.2, 0.25) is 0 Å². The minimum Gasteiger partial charge on any atom is -0.491 e. The van der Waals surface area contributed by atoms with E-state index in [0.717, 1.165) is 24.0 Å². The Hall–Kier alpha value is -1.89. The first kappa shape index (κ1) is 19.9. The van der Waals surface area contributed by atoms with Gasteiger partial charge in [-0.05, 0) is 62.4 Å². The third kappa shape index (κ3) is 5.54. The summed E-state index contributed by atoms with van der Waals surface area (Å²) >= 11 is 0. The second kappa shape index (κ2) is 8.87. The minimum atomic E-state index is -3.60. The van der Waals surface area contributed by atoms with E-state index in [1.165, 1.54) is 0 Å². The van der Waals surface area contributed by atoms with Crippen molar-refractivity contribution in [2.24, 2.45) is 5.92 Å². The molecule has 1 N–H and O–H groups in total. The van der Waals surface area contributed by atoms with Crippen LogP contribution in [0.1, 0.15) is 36.9 Å². The maximum atomic E-state index is 12.9. The molecule has 1 saturated carbocycles. The molecule has 3 rings (SSSR count). The van der Waals surface area contributed by atoms with Gasteiger partial charge in [0.2, 0.25) is 10.0 Å². The number of hydrogen-bond acceptors (Lipinski definition) is 4. The zero-order chi connectivity index (χ0) is 19.3. The number of aryl methyl sites for hydroxylation is 1. The van der Waals surface area contributed by atoms with Crippen LogP contribution in [0.25, 0.3) is 0 Å². The van der Waals surface area contributed by atoms with Gasteiger partial charge in [-0.25, -0.2) is 13.1 Å². The van der Waals surface area contributed by atoms with E-state index in [4.69, 9.17) is 9.47 Å². The van der Waals surface area contributed by atoms with Crippen molar-refractivity contribution in [3.05, 3.63) is 59.7 Å². The molecule has 5 nitrogen and oxygen atoms in total. The standard InChI is InChI=1S/C21H27NO4S/c1-3-25-14-15-26-19-10-12-20(13-11-19)27(23,24)22-21(18-8-9-18)17-6-4-16(2)5-7-17/h4-7,10-13,18,21-22H,3,8-9,14-15H2,1-2H3. The summed E-state index contributed by atoms with van der Waals surface area (Å²) in [5.74, 6) is 0.995. The summed E-state index contributed by atoms with van der Waals surface area (Å²) in [6, 6.07) is 14.4. The predicted molar refractivity (Wildman–Crippen MR) is 105 cm³/mol. The zero-order valence-corrected chi connectivity index (χ0v) is 16.7. The smallest absolute Gasteiger partial charge is 0.241 e. The number of sulfonamides is 1. The highest BCUT2D eigenvalue weighted by molar-refractivity contribution is 7.89. The third-order valence-corrected chi connectivity index (χ3v) is 6.10. The molecule has 27 heavy (non-hydrogen) atoms. The molecule has 1 aliphatic carbocycles. The van der Waals surface area contributed by atoms with Gasteiger partial charge in [0, 0.05) is 12.6 Å². The van der Waals surface area contributed by atoms with Crippen LogP contribution in [-0.4, -0.2) is 28.2 Å². The van der Waals surface area contributed by atoms with Crippen LogP contribution in [0, 0.1) is 12.8 Å². The molecule has 0 heterocycles. The van der Waals surface area contributed by atoms with Gasteiger partial charge in [0.05, 0.1) is 11.5 Å². The summed E-state index contributed by atoms with van der Waals surface area (Å²) in [6.45, 7) is 5.55. The van der Waals surface area contributed by atoms with Crippen molar-refractivity contribution in [1.82, 2.24) is 4.72 Å². The molecule has 1 aliphatic rings. The number of nitrogens with one attached hydrogen (secondary N) is 1. The lowest BCUT2D eigenvalue weighted by molar-refractivity contribution is 0.110. The fourth-order valence-corrected chi connectivity index (χ4v) is 4.25. The Morgan fingerprint density at radius 1 is 1.04 bits per heavy atom. The number of hydrogen-bond donors (Lipinski definition) is 1. The molecule has 0 spiro atoms. The van der Waals surface area contributed by atoms with Crippen LogP contribution in [0.3, 0.4) is 0 Å². The first-order valence-corrected chi connectivity index (χ1v) is 10.9. The molecule has 1 atom stereocenters. The highest BCUT2D eigenvalue weighted by atomic mass is 32.2. The highest BCUT2D eigenvalue weighted by Gasteiger charge is 2.35. The average molecular weight is 390 g/mol. The monoisotopic (exact) mass is 389 g/mol. The Balaban J connectivity index is 1.68. The number of rotatable bonds is 10. The lowest BCUT2D eigenvalue weighted by atomic mass is 10.0. The Bertz CT molecular complexity index is 827. The molecule has 0 saturated heterocycles. The van der Waals surface area contributed by atoms with Crippen molar-refractivity contribution in [3.8, 4) is 5.75 Å². The van der Waals surface area contributed by atoms with Crippen molar-refractivity contribution < 1.29 is 17.9 Å². The third-order valence-electron chi connectivity index (χ3n) is 4.65. The molecule has 1 fully saturated rings. The summed E-state index contributed by atoms with van der Waals surface area (Å²) in [7, 11) is -3.60. The molecule has 2 aromatic carbocycles. The average Bonchev–Trinajstić information content (AvgIpc) is 3.50. The van der Waals surface area contributed by atoms with Crippen LogP contribution in [0.4, 0.5) is 0 Å². The number of benzene rings is 2. The van der Waals surface area contributed by atoms with E-state index in [0.29, 0.717) is 31.5 Å². The summed E-state index contributed by atoms with van der Waals surface area (Å²) in [4.78, 5) is 0.248. The predicted octanol–water partition coefficient (Wildman–Crippen LogP) is 3.84. The lowest BCUT2D eigenvalue weighted by Crippen LogP contribution is -2.30. The van der Waals surface area contributed by atoms with E-state index < -0.39 is 10.0 Å². The van der Waals surface area contributed by atoms with Crippen molar-refractivity contribution in [2.45, 2.75) is 37.6 Å². The maximum absolute atomic E-state index is 12.9. The molecular weight excluding hydrogens is 362 g/mol. The van der Waals surface area contributed by atoms with Crippen molar-refractivity contribution >= 4 is 10.0 Å². The fraction of sp³-hybridized carbons (Fsp3) is 0.429. The second-order valence-corrected chi connectivity index (χ2v) is 8.58. The van der Waals surface area contributed by atoms with Crippen LogP contribution >= 0.6 is 0 Å². The molecule has 0 bridgehead atoms. The summed E-state index contributed by atoms with van der Waals surface area (Å²) in [6.07, 6.45) is 2.10. The van der Waals surface area contributed by atoms with Gasteiger partial charge in [-0.2, -0.15) is 0 Å².